The van der Waals surface area contributed by atoms with Crippen LogP contribution in [0.3, 0.4) is 0 Å². The van der Waals surface area contributed by atoms with Gasteiger partial charge in [0, 0.05) is 12.6 Å². The Hall–Kier alpha value is -0.910. The second-order valence-corrected chi connectivity index (χ2v) is 7.63. The van der Waals surface area contributed by atoms with Crippen LogP contribution in [0.15, 0.2) is 29.2 Å². The summed E-state index contributed by atoms with van der Waals surface area (Å²) in [6.45, 7) is 3.38. The average Bonchev–Trinajstić information content (AvgIpc) is 3.30. The van der Waals surface area contributed by atoms with Gasteiger partial charge in [-0.25, -0.2) is 8.42 Å². The monoisotopic (exact) mass is 310 g/mol. The largest absolute Gasteiger partial charge is 0.330 e. The van der Waals surface area contributed by atoms with Crippen molar-refractivity contribution in [3.63, 3.8) is 0 Å². The van der Waals surface area contributed by atoms with Crippen LogP contribution in [-0.4, -0.2) is 31.9 Å². The van der Waals surface area contributed by atoms with Gasteiger partial charge < -0.3 is 5.73 Å². The summed E-state index contributed by atoms with van der Waals surface area (Å²) in [5, 5.41) is 0. The van der Waals surface area contributed by atoms with Crippen molar-refractivity contribution in [2.45, 2.75) is 56.4 Å². The van der Waals surface area contributed by atoms with Gasteiger partial charge in [-0.05, 0) is 56.3 Å². The van der Waals surface area contributed by atoms with Crippen LogP contribution in [0.4, 0.5) is 0 Å². The Balaban J connectivity index is 2.13. The number of aryl methyl sites for hydroxylation is 1. The lowest BCUT2D eigenvalue weighted by Crippen LogP contribution is -2.34. The molecule has 1 aromatic carbocycles. The van der Waals surface area contributed by atoms with Crippen LogP contribution >= 0.6 is 0 Å². The Morgan fingerprint density at radius 2 is 1.86 bits per heavy atom. The summed E-state index contributed by atoms with van der Waals surface area (Å²) in [5.74, 6) is 0. The zero-order valence-corrected chi connectivity index (χ0v) is 13.6. The molecule has 0 aliphatic heterocycles. The van der Waals surface area contributed by atoms with Crippen molar-refractivity contribution in [3.05, 3.63) is 29.8 Å². The smallest absolute Gasteiger partial charge is 0.243 e. The van der Waals surface area contributed by atoms with Crippen LogP contribution in [-0.2, 0) is 16.4 Å². The van der Waals surface area contributed by atoms with Crippen molar-refractivity contribution in [1.29, 1.82) is 0 Å². The molecule has 1 fully saturated rings. The summed E-state index contributed by atoms with van der Waals surface area (Å²) in [5.41, 5.74) is 6.64. The van der Waals surface area contributed by atoms with E-state index in [4.69, 9.17) is 5.73 Å². The second kappa shape index (κ2) is 7.38. The molecule has 4 nitrogen and oxygen atoms in total. The van der Waals surface area contributed by atoms with Gasteiger partial charge in [-0.3, -0.25) is 0 Å². The number of nitrogens with zero attached hydrogens (tertiary/aromatic N) is 1. The molecule has 1 aromatic rings. The molecule has 1 aliphatic rings. The first kappa shape index (κ1) is 16.5. The van der Waals surface area contributed by atoms with Crippen LogP contribution in [0.25, 0.3) is 0 Å². The van der Waals surface area contributed by atoms with Gasteiger partial charge in [-0.2, -0.15) is 4.31 Å². The van der Waals surface area contributed by atoms with Crippen molar-refractivity contribution in [1.82, 2.24) is 4.31 Å². The average molecular weight is 310 g/mol. The highest BCUT2D eigenvalue weighted by atomic mass is 32.2. The predicted molar refractivity (Wildman–Crippen MR) is 85.6 cm³/mol. The molecule has 1 saturated carbocycles. The summed E-state index contributed by atoms with van der Waals surface area (Å²) < 4.78 is 27.2. The number of rotatable bonds is 9. The molecule has 0 bridgehead atoms. The minimum atomic E-state index is -3.34. The van der Waals surface area contributed by atoms with Crippen LogP contribution < -0.4 is 5.73 Å². The molecule has 0 aromatic heterocycles. The zero-order chi connectivity index (χ0) is 15.3. The standard InChI is InChI=1S/C16H26N2O2S/c1-2-3-13-18(15-8-9-15)21(19,20)16-10-6-14(7-11-16)5-4-12-17/h6-7,10-11,15H,2-5,8-9,12-13,17H2,1H3. The third kappa shape index (κ3) is 4.28. The fourth-order valence-electron chi connectivity index (χ4n) is 2.45. The Labute approximate surface area is 128 Å². The Morgan fingerprint density at radius 3 is 2.38 bits per heavy atom. The number of hydrogen-bond acceptors (Lipinski definition) is 3. The van der Waals surface area contributed by atoms with Gasteiger partial charge in [-0.1, -0.05) is 25.5 Å². The number of sulfonamides is 1. The lowest BCUT2D eigenvalue weighted by molar-refractivity contribution is 0.395. The van der Waals surface area contributed by atoms with Crippen molar-refractivity contribution >= 4 is 10.0 Å². The Morgan fingerprint density at radius 1 is 1.19 bits per heavy atom. The molecule has 1 aliphatic carbocycles. The third-order valence-corrected chi connectivity index (χ3v) is 5.85. The Kier molecular flexibility index (Phi) is 5.79. The maximum Gasteiger partial charge on any atom is 0.243 e. The van der Waals surface area contributed by atoms with E-state index in [1.54, 1.807) is 16.4 Å². The Bertz CT molecular complexity index is 536. The first-order valence-electron chi connectivity index (χ1n) is 7.90. The third-order valence-electron chi connectivity index (χ3n) is 3.89. The fourth-order valence-corrected chi connectivity index (χ4v) is 4.17. The highest BCUT2D eigenvalue weighted by Crippen LogP contribution is 2.32. The maximum atomic E-state index is 12.8. The summed E-state index contributed by atoms with van der Waals surface area (Å²) in [6, 6.07) is 7.52. The van der Waals surface area contributed by atoms with Crippen LogP contribution in [0, 0.1) is 0 Å². The summed E-state index contributed by atoms with van der Waals surface area (Å²) >= 11 is 0. The van der Waals surface area contributed by atoms with Crippen molar-refractivity contribution in [2.24, 2.45) is 5.73 Å². The minimum Gasteiger partial charge on any atom is -0.330 e. The van der Waals surface area contributed by atoms with Gasteiger partial charge in [0.05, 0.1) is 4.90 Å². The van der Waals surface area contributed by atoms with Crippen molar-refractivity contribution in [3.8, 4) is 0 Å². The maximum absolute atomic E-state index is 12.8. The molecule has 0 atom stereocenters. The molecule has 0 heterocycles. The molecule has 21 heavy (non-hydrogen) atoms. The molecule has 0 unspecified atom stereocenters. The van der Waals surface area contributed by atoms with Gasteiger partial charge in [-0.15, -0.1) is 0 Å². The summed E-state index contributed by atoms with van der Waals surface area (Å²) in [6.07, 6.45) is 5.76. The van der Waals surface area contributed by atoms with Crippen LogP contribution in [0.2, 0.25) is 0 Å². The van der Waals surface area contributed by atoms with Crippen molar-refractivity contribution in [2.75, 3.05) is 13.1 Å². The number of hydrogen-bond donors (Lipinski definition) is 1. The van der Waals surface area contributed by atoms with E-state index in [-0.39, 0.29) is 6.04 Å². The topological polar surface area (TPSA) is 63.4 Å². The van der Waals surface area contributed by atoms with E-state index >= 15 is 0 Å². The van der Waals surface area contributed by atoms with E-state index in [0.717, 1.165) is 44.1 Å². The molecule has 2 rings (SSSR count). The molecule has 0 radical (unpaired) electrons. The highest BCUT2D eigenvalue weighted by molar-refractivity contribution is 7.89. The van der Waals surface area contributed by atoms with E-state index in [2.05, 4.69) is 6.92 Å². The van der Waals surface area contributed by atoms with Gasteiger partial charge in [0.1, 0.15) is 0 Å². The van der Waals surface area contributed by atoms with E-state index in [0.29, 0.717) is 18.0 Å². The predicted octanol–water partition coefficient (Wildman–Crippen LogP) is 2.53. The molecule has 0 amide bonds. The molecule has 0 spiro atoms. The van der Waals surface area contributed by atoms with Crippen LogP contribution in [0.5, 0.6) is 0 Å². The van der Waals surface area contributed by atoms with Crippen LogP contribution in [0.1, 0.15) is 44.6 Å². The molecule has 2 N–H and O–H groups in total. The van der Waals surface area contributed by atoms with Gasteiger partial charge in [0.2, 0.25) is 10.0 Å². The van der Waals surface area contributed by atoms with Gasteiger partial charge >= 0.3 is 0 Å². The van der Waals surface area contributed by atoms with Crippen molar-refractivity contribution < 1.29 is 8.42 Å². The van der Waals surface area contributed by atoms with Gasteiger partial charge in [0.15, 0.2) is 0 Å². The molecular formula is C16H26N2O2S. The van der Waals surface area contributed by atoms with E-state index in [1.165, 1.54) is 0 Å². The minimum absolute atomic E-state index is 0.221. The highest BCUT2D eigenvalue weighted by Gasteiger charge is 2.37. The first-order valence-corrected chi connectivity index (χ1v) is 9.34. The van der Waals surface area contributed by atoms with E-state index in [1.807, 2.05) is 12.1 Å². The SMILES string of the molecule is CCCCN(C1CC1)S(=O)(=O)c1ccc(CCCN)cc1. The normalized spacial score (nSPS) is 15.6. The zero-order valence-electron chi connectivity index (χ0n) is 12.8. The lowest BCUT2D eigenvalue weighted by Gasteiger charge is -2.21. The van der Waals surface area contributed by atoms with E-state index in [9.17, 15) is 8.42 Å². The van der Waals surface area contributed by atoms with Gasteiger partial charge in [0.25, 0.3) is 0 Å². The number of unbranched alkanes of at least 4 members (excludes halogenated alkanes) is 1. The summed E-state index contributed by atoms with van der Waals surface area (Å²) in [4.78, 5) is 0.419. The fraction of sp³-hybridized carbons (Fsp3) is 0.625. The quantitative estimate of drug-likeness (QED) is 0.762. The first-order chi connectivity index (χ1) is 10.1. The number of nitrogens with two attached hydrogens (primary N) is 1. The summed E-state index contributed by atoms with van der Waals surface area (Å²) in [7, 11) is -3.34. The molecular weight excluding hydrogens is 284 g/mol. The lowest BCUT2D eigenvalue weighted by atomic mass is 10.1. The number of benzene rings is 1. The molecule has 0 saturated heterocycles. The van der Waals surface area contributed by atoms with E-state index < -0.39 is 10.0 Å². The molecule has 5 heteroatoms. The molecule has 118 valence electrons. The second-order valence-electron chi connectivity index (χ2n) is 5.74.